The number of hydrogen-bond donors (Lipinski definition) is 5. The highest BCUT2D eigenvalue weighted by Gasteiger charge is 2.43. The number of rotatable bonds is 3. The largest absolute Gasteiger partial charge is 0.422 e. The number of aliphatic hydroxyl groups is 4. The fourth-order valence-corrected chi connectivity index (χ4v) is 2.98. The number of nitrogens with one attached hydrogen (secondary N) is 1. The molecule has 1 aliphatic heterocycles. The summed E-state index contributed by atoms with van der Waals surface area (Å²) >= 11 is 0. The summed E-state index contributed by atoms with van der Waals surface area (Å²) in [7, 11) is 0. The van der Waals surface area contributed by atoms with Gasteiger partial charge in [-0.2, -0.15) is 0 Å². The highest BCUT2D eigenvalue weighted by Crippen LogP contribution is 2.26. The van der Waals surface area contributed by atoms with Gasteiger partial charge in [-0.1, -0.05) is 0 Å². The first-order valence-electron chi connectivity index (χ1n) is 7.94. The predicted molar refractivity (Wildman–Crippen MR) is 89.3 cm³/mol. The molecule has 136 valence electrons. The van der Waals surface area contributed by atoms with E-state index in [-0.39, 0.29) is 0 Å². The summed E-state index contributed by atoms with van der Waals surface area (Å²) < 4.78 is 10.4. The summed E-state index contributed by atoms with van der Waals surface area (Å²) in [4.78, 5) is 11.8. The minimum absolute atomic E-state index is 0.368. The van der Waals surface area contributed by atoms with Gasteiger partial charge in [0.25, 0.3) is 0 Å². The van der Waals surface area contributed by atoms with Crippen LogP contribution >= 0.6 is 0 Å². The molecule has 5 N–H and O–H groups in total. The van der Waals surface area contributed by atoms with E-state index < -0.39 is 42.9 Å². The molecule has 8 nitrogen and oxygen atoms in total. The van der Waals surface area contributed by atoms with Crippen molar-refractivity contribution in [3.8, 4) is 0 Å². The van der Waals surface area contributed by atoms with Crippen LogP contribution in [0.3, 0.4) is 0 Å². The SMILES string of the molecule is Cc1c(C)c2ccc(NC3C(O)OC(CO)[C@H](O)[C@H]3O)cc2oc1=O. The predicted octanol–water partition coefficient (Wildman–Crippen LogP) is -0.378. The summed E-state index contributed by atoms with van der Waals surface area (Å²) in [6.45, 7) is 3.00. The van der Waals surface area contributed by atoms with Crippen LogP contribution < -0.4 is 10.9 Å². The van der Waals surface area contributed by atoms with E-state index in [0.717, 1.165) is 10.9 Å². The number of ether oxygens (including phenoxy) is 1. The van der Waals surface area contributed by atoms with Gasteiger partial charge in [-0.15, -0.1) is 0 Å². The monoisotopic (exact) mass is 351 g/mol. The fourth-order valence-electron chi connectivity index (χ4n) is 2.98. The molecule has 2 heterocycles. The topological polar surface area (TPSA) is 132 Å². The van der Waals surface area contributed by atoms with Gasteiger partial charge < -0.3 is 34.9 Å². The van der Waals surface area contributed by atoms with E-state index in [0.29, 0.717) is 16.8 Å². The van der Waals surface area contributed by atoms with Gasteiger partial charge in [0.1, 0.15) is 29.9 Å². The Morgan fingerprint density at radius 2 is 1.84 bits per heavy atom. The molecule has 1 aliphatic rings. The lowest BCUT2D eigenvalue weighted by Gasteiger charge is -2.40. The van der Waals surface area contributed by atoms with E-state index >= 15 is 0 Å². The second-order valence-electron chi connectivity index (χ2n) is 6.25. The summed E-state index contributed by atoms with van der Waals surface area (Å²) in [6, 6.07) is 4.03. The first kappa shape index (κ1) is 17.8. The van der Waals surface area contributed by atoms with Crippen LogP contribution in [0.4, 0.5) is 5.69 Å². The Bertz CT molecular complexity index is 834. The van der Waals surface area contributed by atoms with Crippen LogP contribution in [-0.2, 0) is 4.74 Å². The molecular formula is C17H21NO7. The van der Waals surface area contributed by atoms with Crippen molar-refractivity contribution in [1.82, 2.24) is 0 Å². The Morgan fingerprint density at radius 1 is 1.12 bits per heavy atom. The van der Waals surface area contributed by atoms with E-state index in [1.807, 2.05) is 6.92 Å². The van der Waals surface area contributed by atoms with Crippen molar-refractivity contribution in [3.63, 3.8) is 0 Å². The molecule has 1 aromatic carbocycles. The highest BCUT2D eigenvalue weighted by molar-refractivity contribution is 5.84. The molecule has 1 saturated heterocycles. The smallest absolute Gasteiger partial charge is 0.339 e. The third-order valence-electron chi connectivity index (χ3n) is 4.69. The van der Waals surface area contributed by atoms with Crippen molar-refractivity contribution in [1.29, 1.82) is 0 Å². The Morgan fingerprint density at radius 3 is 2.52 bits per heavy atom. The quantitative estimate of drug-likeness (QED) is 0.473. The van der Waals surface area contributed by atoms with Gasteiger partial charge in [0.15, 0.2) is 6.29 Å². The first-order valence-corrected chi connectivity index (χ1v) is 7.94. The van der Waals surface area contributed by atoms with Crippen LogP contribution in [-0.4, -0.2) is 57.7 Å². The lowest BCUT2D eigenvalue weighted by atomic mass is 9.96. The number of hydrogen-bond acceptors (Lipinski definition) is 8. The highest BCUT2D eigenvalue weighted by atomic mass is 16.6. The zero-order valence-corrected chi connectivity index (χ0v) is 13.8. The molecule has 1 aromatic heterocycles. The molecule has 5 atom stereocenters. The van der Waals surface area contributed by atoms with Crippen LogP contribution in [0.15, 0.2) is 27.4 Å². The Balaban J connectivity index is 1.90. The molecule has 0 aliphatic carbocycles. The summed E-state index contributed by atoms with van der Waals surface area (Å²) in [5.41, 5.74) is 1.77. The van der Waals surface area contributed by atoms with Crippen molar-refractivity contribution >= 4 is 16.7 Å². The number of fused-ring (bicyclic) bond motifs is 1. The average molecular weight is 351 g/mol. The Hall–Kier alpha value is -1.97. The maximum absolute atomic E-state index is 11.8. The van der Waals surface area contributed by atoms with Gasteiger partial charge >= 0.3 is 5.63 Å². The van der Waals surface area contributed by atoms with Crippen molar-refractivity contribution in [2.45, 2.75) is 44.5 Å². The minimum Gasteiger partial charge on any atom is -0.422 e. The lowest BCUT2D eigenvalue weighted by molar-refractivity contribution is -0.245. The van der Waals surface area contributed by atoms with Gasteiger partial charge in [-0.3, -0.25) is 0 Å². The molecular weight excluding hydrogens is 330 g/mol. The third-order valence-corrected chi connectivity index (χ3v) is 4.69. The molecule has 3 rings (SSSR count). The average Bonchev–Trinajstić information content (AvgIpc) is 2.59. The van der Waals surface area contributed by atoms with Gasteiger partial charge in [0.05, 0.1) is 6.61 Å². The van der Waals surface area contributed by atoms with Gasteiger partial charge in [-0.25, -0.2) is 4.79 Å². The molecule has 25 heavy (non-hydrogen) atoms. The van der Waals surface area contributed by atoms with Crippen molar-refractivity contribution in [2.75, 3.05) is 11.9 Å². The van der Waals surface area contributed by atoms with Gasteiger partial charge in [0.2, 0.25) is 0 Å². The number of aryl methyl sites for hydroxylation is 1. The maximum atomic E-state index is 11.8. The van der Waals surface area contributed by atoms with Crippen LogP contribution in [0, 0.1) is 13.8 Å². The molecule has 2 aromatic rings. The van der Waals surface area contributed by atoms with Crippen LogP contribution in [0.25, 0.3) is 11.0 Å². The summed E-state index contributed by atoms with van der Waals surface area (Å²) in [5, 5.41) is 42.9. The maximum Gasteiger partial charge on any atom is 0.339 e. The molecule has 0 bridgehead atoms. The van der Waals surface area contributed by atoms with Crippen LogP contribution in [0.1, 0.15) is 11.1 Å². The van der Waals surface area contributed by atoms with Gasteiger partial charge in [-0.05, 0) is 31.5 Å². The van der Waals surface area contributed by atoms with Crippen LogP contribution in [0.5, 0.6) is 0 Å². The standard InChI is InChI=1S/C17H21NO7/c1-7-8(2)16(22)24-11-5-9(3-4-10(7)11)18-13-15(21)14(20)12(6-19)25-17(13)23/h3-5,12-15,17-21,23H,6H2,1-2H3/t12?,13?,14-,15-,17?/m0/s1. The summed E-state index contributed by atoms with van der Waals surface area (Å²) in [5.74, 6) is 0. The zero-order valence-electron chi connectivity index (χ0n) is 13.8. The van der Waals surface area contributed by atoms with Crippen molar-refractivity contribution in [2.24, 2.45) is 0 Å². The van der Waals surface area contributed by atoms with E-state index in [4.69, 9.17) is 14.3 Å². The number of anilines is 1. The van der Waals surface area contributed by atoms with Crippen LogP contribution in [0.2, 0.25) is 0 Å². The zero-order chi connectivity index (χ0) is 18.3. The van der Waals surface area contributed by atoms with Crippen molar-refractivity contribution in [3.05, 3.63) is 39.7 Å². The lowest BCUT2D eigenvalue weighted by Crippen LogP contribution is -2.61. The number of aliphatic hydroxyl groups excluding tert-OH is 4. The third kappa shape index (κ3) is 3.14. The molecule has 0 spiro atoms. The van der Waals surface area contributed by atoms with E-state index in [9.17, 15) is 20.1 Å². The minimum atomic E-state index is -1.43. The first-order chi connectivity index (χ1) is 11.8. The molecule has 0 saturated carbocycles. The second kappa shape index (κ2) is 6.74. The molecule has 0 radical (unpaired) electrons. The molecule has 0 amide bonds. The molecule has 8 heteroatoms. The Labute approximate surface area is 143 Å². The van der Waals surface area contributed by atoms with E-state index in [1.54, 1.807) is 25.1 Å². The fraction of sp³-hybridized carbons (Fsp3) is 0.471. The normalized spacial score (nSPS) is 29.8. The van der Waals surface area contributed by atoms with E-state index in [2.05, 4.69) is 5.32 Å². The molecule has 1 fully saturated rings. The number of benzene rings is 1. The summed E-state index contributed by atoms with van der Waals surface area (Å²) in [6.07, 6.45) is -5.21. The molecule has 3 unspecified atom stereocenters. The van der Waals surface area contributed by atoms with Gasteiger partial charge in [0, 0.05) is 22.7 Å². The van der Waals surface area contributed by atoms with Crippen molar-refractivity contribution < 1.29 is 29.6 Å². The van der Waals surface area contributed by atoms with E-state index in [1.165, 1.54) is 0 Å². The Kier molecular flexibility index (Phi) is 4.81. The second-order valence-corrected chi connectivity index (χ2v) is 6.25.